The van der Waals surface area contributed by atoms with E-state index in [2.05, 4.69) is 10.1 Å². The monoisotopic (exact) mass is 337 g/mol. The fraction of sp³-hybridized carbons (Fsp3) is 0.118. The molecule has 0 aliphatic heterocycles. The predicted octanol–water partition coefficient (Wildman–Crippen LogP) is 4.25. The highest BCUT2D eigenvalue weighted by atomic mass is 19.4. The zero-order valence-corrected chi connectivity index (χ0v) is 12.6. The second kappa shape index (κ2) is 7.54. The molecule has 0 unspecified atom stereocenters. The third-order valence-corrected chi connectivity index (χ3v) is 2.91. The van der Waals surface area contributed by atoms with Crippen LogP contribution in [0.25, 0.3) is 6.08 Å². The molecule has 0 heterocycles. The number of rotatable bonds is 5. The van der Waals surface area contributed by atoms with Gasteiger partial charge in [0.25, 0.3) is 0 Å². The number of halogens is 3. The van der Waals surface area contributed by atoms with Crippen LogP contribution in [0.4, 0.5) is 18.9 Å². The van der Waals surface area contributed by atoms with Crippen molar-refractivity contribution >= 4 is 17.7 Å². The molecule has 0 radical (unpaired) electrons. The molecule has 1 N–H and O–H groups in total. The Morgan fingerprint density at radius 1 is 1.08 bits per heavy atom. The number of para-hydroxylation sites is 2. The summed E-state index contributed by atoms with van der Waals surface area (Å²) in [7, 11) is 1.54. The number of carbonyl (C=O) groups excluding carboxylic acids is 1. The van der Waals surface area contributed by atoms with Crippen molar-refractivity contribution in [1.82, 2.24) is 0 Å². The van der Waals surface area contributed by atoms with Gasteiger partial charge in [-0.25, -0.2) is 0 Å². The summed E-state index contributed by atoms with van der Waals surface area (Å²) in [5.41, 5.74) is 0.671. The third-order valence-electron chi connectivity index (χ3n) is 2.91. The van der Waals surface area contributed by atoms with Gasteiger partial charge in [-0.05, 0) is 35.9 Å². The maximum atomic E-state index is 12.3. The number of ether oxygens (including phenoxy) is 2. The van der Waals surface area contributed by atoms with Crippen molar-refractivity contribution in [3.05, 3.63) is 60.2 Å². The van der Waals surface area contributed by atoms with E-state index in [1.165, 1.54) is 30.4 Å². The lowest BCUT2D eigenvalue weighted by atomic mass is 10.2. The maximum absolute atomic E-state index is 12.3. The molecule has 7 heteroatoms. The lowest BCUT2D eigenvalue weighted by Crippen LogP contribution is -2.19. The average Bonchev–Trinajstić information content (AvgIpc) is 2.54. The minimum absolute atomic E-state index is 0.0702. The summed E-state index contributed by atoms with van der Waals surface area (Å²) in [6, 6.07) is 12.2. The molecule has 0 atom stereocenters. The number of benzene rings is 2. The third kappa shape index (κ3) is 5.35. The van der Waals surface area contributed by atoms with E-state index < -0.39 is 18.0 Å². The molecule has 126 valence electrons. The van der Waals surface area contributed by atoms with Crippen molar-refractivity contribution in [2.75, 3.05) is 12.4 Å². The summed E-state index contributed by atoms with van der Waals surface area (Å²) < 4.78 is 45.9. The normalized spacial score (nSPS) is 11.3. The molecule has 24 heavy (non-hydrogen) atoms. The highest BCUT2D eigenvalue weighted by molar-refractivity contribution is 6.02. The Balaban J connectivity index is 2.05. The van der Waals surface area contributed by atoms with Crippen molar-refractivity contribution in [2.24, 2.45) is 0 Å². The molecule has 0 aliphatic rings. The number of nitrogens with one attached hydrogen (secondary N) is 1. The summed E-state index contributed by atoms with van der Waals surface area (Å²) >= 11 is 0. The van der Waals surface area contributed by atoms with E-state index in [0.29, 0.717) is 5.75 Å². The number of carbonyl (C=O) groups is 1. The first kappa shape index (κ1) is 17.4. The second-order valence-corrected chi connectivity index (χ2v) is 4.64. The van der Waals surface area contributed by atoms with Crippen LogP contribution in [0.3, 0.4) is 0 Å². The van der Waals surface area contributed by atoms with Gasteiger partial charge in [-0.15, -0.1) is 13.2 Å². The lowest BCUT2D eigenvalue weighted by molar-refractivity contribution is -0.274. The first-order chi connectivity index (χ1) is 11.4. The zero-order chi connectivity index (χ0) is 17.6. The predicted molar refractivity (Wildman–Crippen MR) is 83.8 cm³/mol. The summed E-state index contributed by atoms with van der Waals surface area (Å²) in [5, 5.41) is 2.35. The van der Waals surface area contributed by atoms with Crippen LogP contribution in [0.2, 0.25) is 0 Å². The highest BCUT2D eigenvalue weighted by Crippen LogP contribution is 2.29. The molecule has 0 bridgehead atoms. The van der Waals surface area contributed by atoms with E-state index in [0.717, 1.165) is 11.6 Å². The molecule has 2 aromatic carbocycles. The molecule has 0 saturated heterocycles. The fourth-order valence-corrected chi connectivity index (χ4v) is 1.84. The van der Waals surface area contributed by atoms with Crippen molar-refractivity contribution in [3.8, 4) is 11.5 Å². The summed E-state index contributed by atoms with van der Waals surface area (Å²) in [5.74, 6) is -0.380. The van der Waals surface area contributed by atoms with Crippen LogP contribution in [-0.4, -0.2) is 19.4 Å². The van der Waals surface area contributed by atoms with Gasteiger partial charge in [-0.1, -0.05) is 24.3 Å². The summed E-state index contributed by atoms with van der Waals surface area (Å²) in [6.07, 6.45) is -2.09. The van der Waals surface area contributed by atoms with Crippen LogP contribution in [-0.2, 0) is 4.79 Å². The van der Waals surface area contributed by atoms with E-state index in [1.54, 1.807) is 31.4 Å². The molecule has 2 aromatic rings. The van der Waals surface area contributed by atoms with E-state index in [9.17, 15) is 18.0 Å². The van der Waals surface area contributed by atoms with Crippen LogP contribution < -0.4 is 14.8 Å². The summed E-state index contributed by atoms with van der Waals surface area (Å²) in [4.78, 5) is 11.9. The number of anilines is 1. The first-order valence-electron chi connectivity index (χ1n) is 6.85. The standard InChI is InChI=1S/C17H14F3NO3/c1-23-13-9-6-12(7-10-13)8-11-16(22)21-14-4-2-3-5-15(14)24-17(18,19)20/h2-11H,1H3,(H,21,22)/b11-8+. The van der Waals surface area contributed by atoms with Gasteiger partial charge in [-0.2, -0.15) is 0 Å². The van der Waals surface area contributed by atoms with E-state index in [1.807, 2.05) is 0 Å². The number of methoxy groups -OCH3 is 1. The van der Waals surface area contributed by atoms with Gasteiger partial charge >= 0.3 is 6.36 Å². The minimum Gasteiger partial charge on any atom is -0.497 e. The number of amides is 1. The number of alkyl halides is 3. The van der Waals surface area contributed by atoms with E-state index in [4.69, 9.17) is 4.74 Å². The van der Waals surface area contributed by atoms with E-state index >= 15 is 0 Å². The molecule has 0 aromatic heterocycles. The average molecular weight is 337 g/mol. The Hall–Kier alpha value is -2.96. The highest BCUT2D eigenvalue weighted by Gasteiger charge is 2.32. The summed E-state index contributed by atoms with van der Waals surface area (Å²) in [6.45, 7) is 0. The zero-order valence-electron chi connectivity index (χ0n) is 12.6. The first-order valence-corrected chi connectivity index (χ1v) is 6.85. The smallest absolute Gasteiger partial charge is 0.497 e. The maximum Gasteiger partial charge on any atom is 0.573 e. The van der Waals surface area contributed by atoms with Gasteiger partial charge in [0, 0.05) is 6.08 Å². The SMILES string of the molecule is COc1ccc(/C=C/C(=O)Nc2ccccc2OC(F)(F)F)cc1. The lowest BCUT2D eigenvalue weighted by Gasteiger charge is -2.13. The molecule has 0 saturated carbocycles. The Kier molecular flexibility index (Phi) is 5.47. The molecular weight excluding hydrogens is 323 g/mol. The van der Waals surface area contributed by atoms with Gasteiger partial charge in [-0.3, -0.25) is 4.79 Å². The molecule has 0 aliphatic carbocycles. The topological polar surface area (TPSA) is 47.6 Å². The Labute approximate surface area is 136 Å². The molecule has 2 rings (SSSR count). The van der Waals surface area contributed by atoms with Crippen LogP contribution in [0.5, 0.6) is 11.5 Å². The Bertz CT molecular complexity index is 725. The minimum atomic E-state index is -4.83. The quantitative estimate of drug-likeness (QED) is 0.830. The van der Waals surface area contributed by atoms with Crippen LogP contribution in [0, 0.1) is 0 Å². The molecule has 0 spiro atoms. The largest absolute Gasteiger partial charge is 0.573 e. The van der Waals surface area contributed by atoms with Crippen LogP contribution in [0.15, 0.2) is 54.6 Å². The van der Waals surface area contributed by atoms with Crippen molar-refractivity contribution in [3.63, 3.8) is 0 Å². The molecule has 4 nitrogen and oxygen atoms in total. The molecule has 0 fully saturated rings. The van der Waals surface area contributed by atoms with Crippen molar-refractivity contribution in [1.29, 1.82) is 0 Å². The fourth-order valence-electron chi connectivity index (χ4n) is 1.84. The van der Waals surface area contributed by atoms with Crippen LogP contribution >= 0.6 is 0 Å². The number of hydrogen-bond donors (Lipinski definition) is 1. The van der Waals surface area contributed by atoms with Gasteiger partial charge < -0.3 is 14.8 Å². The van der Waals surface area contributed by atoms with Crippen LogP contribution in [0.1, 0.15) is 5.56 Å². The van der Waals surface area contributed by atoms with Gasteiger partial charge in [0.15, 0.2) is 5.75 Å². The Morgan fingerprint density at radius 2 is 1.75 bits per heavy atom. The van der Waals surface area contributed by atoms with Gasteiger partial charge in [0.1, 0.15) is 5.75 Å². The van der Waals surface area contributed by atoms with E-state index in [-0.39, 0.29) is 5.69 Å². The molecule has 1 amide bonds. The Morgan fingerprint density at radius 3 is 2.38 bits per heavy atom. The van der Waals surface area contributed by atoms with Gasteiger partial charge in [0.2, 0.25) is 5.91 Å². The van der Waals surface area contributed by atoms with Crippen molar-refractivity contribution < 1.29 is 27.4 Å². The second-order valence-electron chi connectivity index (χ2n) is 4.64. The number of hydrogen-bond acceptors (Lipinski definition) is 3. The van der Waals surface area contributed by atoms with Gasteiger partial charge in [0.05, 0.1) is 12.8 Å². The van der Waals surface area contributed by atoms with Crippen molar-refractivity contribution in [2.45, 2.75) is 6.36 Å². The molecular formula is C17H14F3NO3.